The van der Waals surface area contributed by atoms with E-state index in [4.69, 9.17) is 9.47 Å². The number of rotatable bonds is 10. The Balaban J connectivity index is 1.73. The Morgan fingerprint density at radius 2 is 1.78 bits per heavy atom. The van der Waals surface area contributed by atoms with Crippen molar-refractivity contribution >= 4 is 17.4 Å². The standard InChI is InChI=1S/C21H32N2O4/c1-16(2)20(24)17-4-6-19(7-5-17)23-11-8-18(9-12-23)21(25)22-10-13-27-15-14-26-3/h4-7,16,18H,8-15H2,1-3H3,(H,22,25). The van der Waals surface area contributed by atoms with Crippen molar-refractivity contribution in [3.05, 3.63) is 29.8 Å². The first-order chi connectivity index (χ1) is 13.0. The molecule has 27 heavy (non-hydrogen) atoms. The number of Topliss-reactive ketones (excluding diaryl/α,β-unsaturated/α-hetero) is 1. The van der Waals surface area contributed by atoms with Gasteiger partial charge in [0.1, 0.15) is 0 Å². The van der Waals surface area contributed by atoms with E-state index in [9.17, 15) is 9.59 Å². The molecule has 1 saturated heterocycles. The number of hydrogen-bond donors (Lipinski definition) is 1. The van der Waals surface area contributed by atoms with Crippen LogP contribution in [0.15, 0.2) is 24.3 Å². The van der Waals surface area contributed by atoms with E-state index in [1.807, 2.05) is 38.1 Å². The van der Waals surface area contributed by atoms with E-state index in [1.165, 1.54) is 0 Å². The Morgan fingerprint density at radius 3 is 2.37 bits per heavy atom. The number of carbonyl (C=O) groups is 2. The Bertz CT molecular complexity index is 593. The van der Waals surface area contributed by atoms with Crippen molar-refractivity contribution in [2.75, 3.05) is 51.5 Å². The minimum atomic E-state index is 0.00971. The molecule has 0 aromatic heterocycles. The van der Waals surface area contributed by atoms with Crippen LogP contribution in [-0.4, -0.2) is 58.3 Å². The van der Waals surface area contributed by atoms with Crippen molar-refractivity contribution in [2.45, 2.75) is 26.7 Å². The predicted molar refractivity (Wildman–Crippen MR) is 106 cm³/mol. The van der Waals surface area contributed by atoms with Gasteiger partial charge in [-0.2, -0.15) is 0 Å². The number of nitrogens with one attached hydrogen (secondary N) is 1. The summed E-state index contributed by atoms with van der Waals surface area (Å²) in [6.45, 7) is 7.68. The second-order valence-corrected chi connectivity index (χ2v) is 7.22. The molecule has 6 nitrogen and oxygen atoms in total. The average Bonchev–Trinajstić information content (AvgIpc) is 2.70. The molecule has 6 heteroatoms. The third-order valence-electron chi connectivity index (χ3n) is 4.88. The van der Waals surface area contributed by atoms with Gasteiger partial charge in [-0.25, -0.2) is 0 Å². The minimum Gasteiger partial charge on any atom is -0.382 e. The highest BCUT2D eigenvalue weighted by molar-refractivity contribution is 5.97. The second-order valence-electron chi connectivity index (χ2n) is 7.22. The molecule has 1 aliphatic rings. The van der Waals surface area contributed by atoms with Gasteiger partial charge in [0.2, 0.25) is 5.91 Å². The van der Waals surface area contributed by atoms with Crippen molar-refractivity contribution in [2.24, 2.45) is 11.8 Å². The Hall–Kier alpha value is -1.92. The molecule has 1 aromatic carbocycles. The molecule has 1 fully saturated rings. The maximum Gasteiger partial charge on any atom is 0.223 e. The van der Waals surface area contributed by atoms with Gasteiger partial charge in [-0.05, 0) is 37.1 Å². The smallest absolute Gasteiger partial charge is 0.223 e. The summed E-state index contributed by atoms with van der Waals surface area (Å²) in [4.78, 5) is 26.6. The molecule has 0 radical (unpaired) electrons. The fourth-order valence-corrected chi connectivity index (χ4v) is 3.20. The normalized spacial score (nSPS) is 15.2. The Morgan fingerprint density at radius 1 is 1.11 bits per heavy atom. The van der Waals surface area contributed by atoms with Crippen molar-refractivity contribution in [1.82, 2.24) is 5.32 Å². The van der Waals surface area contributed by atoms with Crippen molar-refractivity contribution in [3.8, 4) is 0 Å². The summed E-state index contributed by atoms with van der Waals surface area (Å²) in [6.07, 6.45) is 1.67. The van der Waals surface area contributed by atoms with E-state index in [0.29, 0.717) is 26.4 Å². The van der Waals surface area contributed by atoms with Gasteiger partial charge in [0.15, 0.2) is 5.78 Å². The third kappa shape index (κ3) is 6.63. The molecule has 1 N–H and O–H groups in total. The summed E-state index contributed by atoms with van der Waals surface area (Å²) in [7, 11) is 1.64. The van der Waals surface area contributed by atoms with Gasteiger partial charge in [0.25, 0.3) is 0 Å². The molecule has 1 heterocycles. The maximum atomic E-state index is 12.3. The van der Waals surface area contributed by atoms with Crippen LogP contribution in [0, 0.1) is 11.8 Å². The topological polar surface area (TPSA) is 67.9 Å². The Labute approximate surface area is 162 Å². The molecule has 0 bridgehead atoms. The first kappa shape index (κ1) is 21.4. The first-order valence-corrected chi connectivity index (χ1v) is 9.76. The van der Waals surface area contributed by atoms with Crippen molar-refractivity contribution < 1.29 is 19.1 Å². The zero-order valence-electron chi connectivity index (χ0n) is 16.7. The fourth-order valence-electron chi connectivity index (χ4n) is 3.20. The molecule has 0 spiro atoms. The number of carbonyl (C=O) groups excluding carboxylic acids is 2. The van der Waals surface area contributed by atoms with E-state index < -0.39 is 0 Å². The number of hydrogen-bond acceptors (Lipinski definition) is 5. The highest BCUT2D eigenvalue weighted by Gasteiger charge is 2.25. The SMILES string of the molecule is COCCOCCNC(=O)C1CCN(c2ccc(C(=O)C(C)C)cc2)CC1. The van der Waals surface area contributed by atoms with E-state index in [-0.39, 0.29) is 23.5 Å². The maximum absolute atomic E-state index is 12.3. The summed E-state index contributed by atoms with van der Waals surface area (Å²) >= 11 is 0. The van der Waals surface area contributed by atoms with Gasteiger partial charge in [0.05, 0.1) is 19.8 Å². The monoisotopic (exact) mass is 376 g/mol. The lowest BCUT2D eigenvalue weighted by atomic mass is 9.95. The van der Waals surface area contributed by atoms with Gasteiger partial charge in [-0.1, -0.05) is 13.8 Å². The molecule has 1 aromatic rings. The van der Waals surface area contributed by atoms with Crippen LogP contribution in [-0.2, 0) is 14.3 Å². The molecule has 1 amide bonds. The quantitative estimate of drug-likeness (QED) is 0.502. The molecule has 150 valence electrons. The summed E-state index contributed by atoms with van der Waals surface area (Å²) in [6, 6.07) is 7.82. The van der Waals surface area contributed by atoms with Crippen LogP contribution in [0.5, 0.6) is 0 Å². The fraction of sp³-hybridized carbons (Fsp3) is 0.619. The van der Waals surface area contributed by atoms with Crippen LogP contribution in [0.1, 0.15) is 37.0 Å². The highest BCUT2D eigenvalue weighted by atomic mass is 16.5. The molecular formula is C21H32N2O4. The molecule has 1 aliphatic heterocycles. The summed E-state index contributed by atoms with van der Waals surface area (Å²) in [5.74, 6) is 0.350. The lowest BCUT2D eigenvalue weighted by Crippen LogP contribution is -2.41. The third-order valence-corrected chi connectivity index (χ3v) is 4.88. The van der Waals surface area contributed by atoms with E-state index in [2.05, 4.69) is 10.2 Å². The second kappa shape index (κ2) is 11.0. The lowest BCUT2D eigenvalue weighted by Gasteiger charge is -2.33. The van der Waals surface area contributed by atoms with Gasteiger partial charge >= 0.3 is 0 Å². The lowest BCUT2D eigenvalue weighted by molar-refractivity contribution is -0.125. The molecule has 2 rings (SSSR count). The number of ether oxygens (including phenoxy) is 2. The van der Waals surface area contributed by atoms with Crippen LogP contribution in [0.4, 0.5) is 5.69 Å². The van der Waals surface area contributed by atoms with E-state index in [0.717, 1.165) is 37.2 Å². The summed E-state index contributed by atoms with van der Waals surface area (Å²) in [5.41, 5.74) is 1.87. The van der Waals surface area contributed by atoms with E-state index >= 15 is 0 Å². The number of methoxy groups -OCH3 is 1. The van der Waals surface area contributed by atoms with Crippen LogP contribution >= 0.6 is 0 Å². The van der Waals surface area contributed by atoms with E-state index in [1.54, 1.807) is 7.11 Å². The van der Waals surface area contributed by atoms with Crippen molar-refractivity contribution in [3.63, 3.8) is 0 Å². The molecule has 0 atom stereocenters. The molecule has 0 aliphatic carbocycles. The van der Waals surface area contributed by atoms with Crippen molar-refractivity contribution in [1.29, 1.82) is 0 Å². The van der Waals surface area contributed by atoms with Crippen LogP contribution < -0.4 is 10.2 Å². The predicted octanol–water partition coefficient (Wildman–Crippen LogP) is 2.52. The zero-order valence-corrected chi connectivity index (χ0v) is 16.7. The Kier molecular flexibility index (Phi) is 8.75. The number of ketones is 1. The van der Waals surface area contributed by atoms with Crippen LogP contribution in [0.2, 0.25) is 0 Å². The van der Waals surface area contributed by atoms with Crippen LogP contribution in [0.3, 0.4) is 0 Å². The zero-order chi connectivity index (χ0) is 19.6. The largest absolute Gasteiger partial charge is 0.382 e. The summed E-state index contributed by atoms with van der Waals surface area (Å²) < 4.78 is 10.3. The summed E-state index contributed by atoms with van der Waals surface area (Å²) in [5, 5.41) is 2.95. The number of anilines is 1. The number of benzene rings is 1. The first-order valence-electron chi connectivity index (χ1n) is 9.76. The molecule has 0 unspecified atom stereocenters. The van der Waals surface area contributed by atoms with Gasteiger partial charge in [-0.15, -0.1) is 0 Å². The van der Waals surface area contributed by atoms with Gasteiger partial charge < -0.3 is 19.7 Å². The van der Waals surface area contributed by atoms with Crippen LogP contribution in [0.25, 0.3) is 0 Å². The average molecular weight is 376 g/mol. The molecular weight excluding hydrogens is 344 g/mol. The van der Waals surface area contributed by atoms with Gasteiger partial charge in [-0.3, -0.25) is 9.59 Å². The number of piperidine rings is 1. The minimum absolute atomic E-state index is 0.00971. The highest BCUT2D eigenvalue weighted by Crippen LogP contribution is 2.24. The van der Waals surface area contributed by atoms with Gasteiger partial charge in [0, 0.05) is 49.8 Å². The number of nitrogens with zero attached hydrogens (tertiary/aromatic N) is 1. The number of amides is 1. The molecule has 0 saturated carbocycles.